The van der Waals surface area contributed by atoms with Crippen molar-refractivity contribution in [3.8, 4) is 0 Å². The Morgan fingerprint density at radius 3 is 2.29 bits per heavy atom. The Labute approximate surface area is 85.8 Å². The Balaban J connectivity index is 0.000000791. The van der Waals surface area contributed by atoms with Gasteiger partial charge in [-0.25, -0.2) is 0 Å². The van der Waals surface area contributed by atoms with E-state index in [0.29, 0.717) is 5.56 Å². The fraction of sp³-hybridized carbons (Fsp3) is 0.455. The van der Waals surface area contributed by atoms with E-state index in [1.807, 2.05) is 20.8 Å². The van der Waals surface area contributed by atoms with Crippen molar-refractivity contribution in [1.29, 1.82) is 0 Å². The van der Waals surface area contributed by atoms with E-state index in [-0.39, 0.29) is 5.91 Å². The first-order valence-electron chi connectivity index (χ1n) is 4.91. The van der Waals surface area contributed by atoms with Gasteiger partial charge in [-0.05, 0) is 19.1 Å². The summed E-state index contributed by atoms with van der Waals surface area (Å²) in [6, 6.07) is 3.43. The molecule has 1 rings (SSSR count). The number of carbonyl (C=O) groups excluding carboxylic acids is 1. The second-order valence-corrected chi connectivity index (χ2v) is 2.56. The lowest BCUT2D eigenvalue weighted by molar-refractivity contribution is 0.0802. The van der Waals surface area contributed by atoms with E-state index in [1.54, 1.807) is 36.5 Å². The lowest BCUT2D eigenvalue weighted by Crippen LogP contribution is -2.26. The highest BCUT2D eigenvalue weighted by molar-refractivity contribution is 5.93. The molecular weight excluding hydrogens is 176 g/mol. The van der Waals surface area contributed by atoms with Crippen molar-refractivity contribution < 1.29 is 4.79 Å². The van der Waals surface area contributed by atoms with Crippen molar-refractivity contribution in [2.45, 2.75) is 20.8 Å². The maximum Gasteiger partial charge on any atom is 0.253 e. The van der Waals surface area contributed by atoms with E-state index in [1.165, 1.54) is 0 Å². The monoisotopic (exact) mass is 194 g/mol. The van der Waals surface area contributed by atoms with Gasteiger partial charge in [0.15, 0.2) is 0 Å². The molecular formula is C11H18N2O. The van der Waals surface area contributed by atoms with Crippen LogP contribution < -0.4 is 0 Å². The van der Waals surface area contributed by atoms with E-state index in [0.717, 1.165) is 6.54 Å². The number of aromatic nitrogens is 1. The minimum Gasteiger partial charge on any atom is -0.342 e. The van der Waals surface area contributed by atoms with Crippen molar-refractivity contribution in [3.63, 3.8) is 0 Å². The molecule has 0 saturated carbocycles. The molecule has 1 aromatic heterocycles. The highest BCUT2D eigenvalue weighted by Crippen LogP contribution is 2.00. The molecule has 0 spiro atoms. The Morgan fingerprint density at radius 2 is 1.86 bits per heavy atom. The summed E-state index contributed by atoms with van der Waals surface area (Å²) in [5.74, 6) is 0.0416. The van der Waals surface area contributed by atoms with Crippen LogP contribution >= 0.6 is 0 Å². The van der Waals surface area contributed by atoms with E-state index < -0.39 is 0 Å². The number of carbonyl (C=O) groups is 1. The lowest BCUT2D eigenvalue weighted by Gasteiger charge is -2.13. The zero-order valence-electron chi connectivity index (χ0n) is 9.32. The molecule has 3 heteroatoms. The largest absolute Gasteiger partial charge is 0.342 e. The molecule has 0 aliphatic carbocycles. The zero-order valence-corrected chi connectivity index (χ0v) is 9.32. The molecule has 1 aromatic rings. The minimum absolute atomic E-state index is 0.0416. The summed E-state index contributed by atoms with van der Waals surface area (Å²) in [6.07, 6.45) is 3.24. The molecule has 1 heterocycles. The van der Waals surface area contributed by atoms with Crippen LogP contribution in [0.4, 0.5) is 0 Å². The molecule has 1 amide bonds. The van der Waals surface area contributed by atoms with Gasteiger partial charge in [0.25, 0.3) is 5.91 Å². The van der Waals surface area contributed by atoms with Crippen molar-refractivity contribution in [3.05, 3.63) is 30.1 Å². The molecule has 78 valence electrons. The highest BCUT2D eigenvalue weighted by atomic mass is 16.2. The molecule has 0 aliphatic heterocycles. The zero-order chi connectivity index (χ0) is 11.0. The van der Waals surface area contributed by atoms with E-state index in [9.17, 15) is 4.79 Å². The molecule has 0 saturated heterocycles. The Morgan fingerprint density at radius 1 is 1.36 bits per heavy atom. The highest BCUT2D eigenvalue weighted by Gasteiger charge is 2.07. The van der Waals surface area contributed by atoms with Crippen LogP contribution in [0.1, 0.15) is 31.1 Å². The SMILES string of the molecule is CC.CCN(C)C(=O)c1ccncc1. The number of pyridine rings is 1. The van der Waals surface area contributed by atoms with Crippen molar-refractivity contribution >= 4 is 5.91 Å². The van der Waals surface area contributed by atoms with Crippen LogP contribution in [-0.2, 0) is 0 Å². The quantitative estimate of drug-likeness (QED) is 0.723. The second-order valence-electron chi connectivity index (χ2n) is 2.56. The van der Waals surface area contributed by atoms with Crippen molar-refractivity contribution in [2.24, 2.45) is 0 Å². The average Bonchev–Trinajstić information content (AvgIpc) is 2.31. The number of nitrogens with zero attached hydrogens (tertiary/aromatic N) is 2. The first kappa shape index (κ1) is 12.6. The smallest absolute Gasteiger partial charge is 0.253 e. The Hall–Kier alpha value is -1.38. The maximum atomic E-state index is 11.5. The predicted molar refractivity (Wildman–Crippen MR) is 58.2 cm³/mol. The summed E-state index contributed by atoms with van der Waals surface area (Å²) in [5.41, 5.74) is 0.689. The van der Waals surface area contributed by atoms with Crippen LogP contribution in [0.15, 0.2) is 24.5 Å². The maximum absolute atomic E-state index is 11.5. The third-order valence-electron chi connectivity index (χ3n) is 1.75. The second kappa shape index (κ2) is 7.06. The summed E-state index contributed by atoms with van der Waals surface area (Å²) < 4.78 is 0. The van der Waals surface area contributed by atoms with Gasteiger partial charge in [-0.2, -0.15) is 0 Å². The van der Waals surface area contributed by atoms with Crippen LogP contribution in [0, 0.1) is 0 Å². The van der Waals surface area contributed by atoms with Gasteiger partial charge in [-0.15, -0.1) is 0 Å². The van der Waals surface area contributed by atoms with Crippen LogP contribution in [0.3, 0.4) is 0 Å². The van der Waals surface area contributed by atoms with Gasteiger partial charge in [0.2, 0.25) is 0 Å². The fourth-order valence-electron chi connectivity index (χ4n) is 0.858. The van der Waals surface area contributed by atoms with Crippen LogP contribution in [0.5, 0.6) is 0 Å². The normalized spacial score (nSPS) is 8.57. The summed E-state index contributed by atoms with van der Waals surface area (Å²) in [5, 5.41) is 0. The number of amides is 1. The fourth-order valence-corrected chi connectivity index (χ4v) is 0.858. The standard InChI is InChI=1S/C9H12N2O.C2H6/c1-3-11(2)9(12)8-4-6-10-7-5-8;1-2/h4-7H,3H2,1-2H3;1-2H3. The summed E-state index contributed by atoms with van der Waals surface area (Å²) in [4.78, 5) is 17.0. The molecule has 0 atom stereocenters. The van der Waals surface area contributed by atoms with Gasteiger partial charge < -0.3 is 4.90 Å². The van der Waals surface area contributed by atoms with Crippen molar-refractivity contribution in [1.82, 2.24) is 9.88 Å². The number of rotatable bonds is 2. The summed E-state index contributed by atoms with van der Waals surface area (Å²) in [6.45, 7) is 6.67. The third kappa shape index (κ3) is 3.56. The molecule has 0 bridgehead atoms. The first-order chi connectivity index (χ1) is 6.75. The van der Waals surface area contributed by atoms with Gasteiger partial charge >= 0.3 is 0 Å². The number of hydrogen-bond acceptors (Lipinski definition) is 2. The van der Waals surface area contributed by atoms with Crippen LogP contribution in [0.2, 0.25) is 0 Å². The van der Waals surface area contributed by atoms with E-state index in [4.69, 9.17) is 0 Å². The molecule has 0 unspecified atom stereocenters. The molecule has 14 heavy (non-hydrogen) atoms. The Bertz CT molecular complexity index is 259. The van der Waals surface area contributed by atoms with Gasteiger partial charge in [-0.3, -0.25) is 9.78 Å². The molecule has 0 fully saturated rings. The first-order valence-corrected chi connectivity index (χ1v) is 4.91. The summed E-state index contributed by atoms with van der Waals surface area (Å²) in [7, 11) is 1.78. The molecule has 0 N–H and O–H groups in total. The van der Waals surface area contributed by atoms with Crippen molar-refractivity contribution in [2.75, 3.05) is 13.6 Å². The van der Waals surface area contributed by atoms with Crippen LogP contribution in [-0.4, -0.2) is 29.4 Å². The Kier molecular flexibility index (Phi) is 6.37. The molecule has 0 aliphatic rings. The average molecular weight is 194 g/mol. The number of hydrogen-bond donors (Lipinski definition) is 0. The van der Waals surface area contributed by atoms with E-state index in [2.05, 4.69) is 4.98 Å². The van der Waals surface area contributed by atoms with Gasteiger partial charge in [0.1, 0.15) is 0 Å². The van der Waals surface area contributed by atoms with Gasteiger partial charge in [-0.1, -0.05) is 13.8 Å². The van der Waals surface area contributed by atoms with Gasteiger partial charge in [0, 0.05) is 31.5 Å². The molecule has 0 radical (unpaired) electrons. The lowest BCUT2D eigenvalue weighted by atomic mass is 10.2. The predicted octanol–water partition coefficient (Wildman–Crippen LogP) is 2.20. The topological polar surface area (TPSA) is 33.2 Å². The van der Waals surface area contributed by atoms with Crippen LogP contribution in [0.25, 0.3) is 0 Å². The third-order valence-corrected chi connectivity index (χ3v) is 1.75. The minimum atomic E-state index is 0.0416. The summed E-state index contributed by atoms with van der Waals surface area (Å²) >= 11 is 0. The molecule has 3 nitrogen and oxygen atoms in total. The van der Waals surface area contributed by atoms with Gasteiger partial charge in [0.05, 0.1) is 0 Å². The molecule has 0 aromatic carbocycles. The van der Waals surface area contributed by atoms with E-state index >= 15 is 0 Å².